The van der Waals surface area contributed by atoms with Crippen molar-refractivity contribution >= 4 is 12.2 Å². The summed E-state index contributed by atoms with van der Waals surface area (Å²) in [5.74, 6) is 2.93. The van der Waals surface area contributed by atoms with Gasteiger partial charge in [-0.25, -0.2) is 9.59 Å². The molecular formula is C22H38N2O6. The molecule has 0 aromatic heterocycles. The lowest BCUT2D eigenvalue weighted by Gasteiger charge is -2.25. The van der Waals surface area contributed by atoms with Gasteiger partial charge in [0.2, 0.25) is 0 Å². The Hall–Kier alpha value is -1.54. The lowest BCUT2D eigenvalue weighted by molar-refractivity contribution is 0.0249. The zero-order valence-electron chi connectivity index (χ0n) is 19.1. The number of carbonyl (C=O) groups is 2. The van der Waals surface area contributed by atoms with E-state index in [2.05, 4.69) is 0 Å². The first-order chi connectivity index (χ1) is 13.8. The van der Waals surface area contributed by atoms with Gasteiger partial charge in [0.1, 0.15) is 11.2 Å². The summed E-state index contributed by atoms with van der Waals surface area (Å²) in [6, 6.07) is 0. The fourth-order valence-corrected chi connectivity index (χ4v) is 4.79. The van der Waals surface area contributed by atoms with Gasteiger partial charge in [0.25, 0.3) is 0 Å². The van der Waals surface area contributed by atoms with Gasteiger partial charge in [-0.2, -0.15) is 0 Å². The highest BCUT2D eigenvalue weighted by Crippen LogP contribution is 2.52. The topological polar surface area (TPSA) is 99.5 Å². The minimum absolute atomic E-state index is 0.216. The molecule has 2 saturated heterocycles. The molecular weight excluding hydrogens is 388 g/mol. The summed E-state index contributed by atoms with van der Waals surface area (Å²) in [5, 5.41) is 18.0. The van der Waals surface area contributed by atoms with E-state index in [-0.39, 0.29) is 25.4 Å². The van der Waals surface area contributed by atoms with Crippen molar-refractivity contribution in [3.8, 4) is 0 Å². The molecule has 0 aromatic carbocycles. The van der Waals surface area contributed by atoms with Crippen molar-refractivity contribution in [1.29, 1.82) is 0 Å². The molecule has 2 amide bonds. The van der Waals surface area contributed by atoms with Crippen LogP contribution in [0.2, 0.25) is 0 Å². The Kier molecular flexibility index (Phi) is 6.31. The number of amides is 2. The maximum absolute atomic E-state index is 11.7. The van der Waals surface area contributed by atoms with Crippen molar-refractivity contribution in [3.63, 3.8) is 0 Å². The standard InChI is InChI=1S/2C11H19NO3/c2*1-11(2,3)15-10(14)12-4-7-8(5-12)9(7)6-13/h2*7-9,13H,4-6H2,1-3H3/t2*7-,8+,9?. The molecule has 2 heterocycles. The van der Waals surface area contributed by atoms with Crippen molar-refractivity contribution in [2.45, 2.75) is 52.7 Å². The smallest absolute Gasteiger partial charge is 0.410 e. The van der Waals surface area contributed by atoms with E-state index in [4.69, 9.17) is 19.7 Å². The van der Waals surface area contributed by atoms with Gasteiger partial charge in [0.05, 0.1) is 0 Å². The molecule has 6 atom stereocenters. The Bertz CT molecular complexity index is 575. The van der Waals surface area contributed by atoms with Gasteiger partial charge in [-0.3, -0.25) is 0 Å². The predicted molar refractivity (Wildman–Crippen MR) is 111 cm³/mol. The summed E-state index contributed by atoms with van der Waals surface area (Å²) in [5.41, 5.74) is -0.833. The van der Waals surface area contributed by atoms with Gasteiger partial charge in [0.15, 0.2) is 0 Å². The molecule has 2 aliphatic heterocycles. The van der Waals surface area contributed by atoms with Crippen molar-refractivity contribution in [3.05, 3.63) is 0 Å². The summed E-state index contributed by atoms with van der Waals surface area (Å²) in [7, 11) is 0. The highest BCUT2D eigenvalue weighted by Gasteiger charge is 2.57. The summed E-state index contributed by atoms with van der Waals surface area (Å²) in [6.45, 7) is 14.8. The van der Waals surface area contributed by atoms with E-state index >= 15 is 0 Å². The number of aliphatic hydroxyl groups excluding tert-OH is 2. The predicted octanol–water partition coefficient (Wildman–Crippen LogP) is 2.18. The van der Waals surface area contributed by atoms with E-state index in [1.807, 2.05) is 41.5 Å². The van der Waals surface area contributed by atoms with E-state index in [1.165, 1.54) is 0 Å². The van der Waals surface area contributed by atoms with Crippen LogP contribution in [-0.4, -0.2) is 82.8 Å². The quantitative estimate of drug-likeness (QED) is 0.702. The van der Waals surface area contributed by atoms with Gasteiger partial charge in [0, 0.05) is 39.4 Å². The maximum Gasteiger partial charge on any atom is 0.410 e. The zero-order chi connectivity index (χ0) is 22.4. The van der Waals surface area contributed by atoms with E-state index < -0.39 is 11.2 Å². The summed E-state index contributed by atoms with van der Waals surface area (Å²) in [6.07, 6.45) is -0.433. The molecule has 2 aliphatic carbocycles. The van der Waals surface area contributed by atoms with Crippen LogP contribution in [0.5, 0.6) is 0 Å². The number of piperidine rings is 2. The molecule has 0 radical (unpaired) electrons. The molecule has 4 aliphatic rings. The van der Waals surface area contributed by atoms with Gasteiger partial charge < -0.3 is 29.5 Å². The van der Waals surface area contributed by atoms with E-state index in [1.54, 1.807) is 9.80 Å². The van der Waals surface area contributed by atoms with Crippen LogP contribution in [0.3, 0.4) is 0 Å². The second-order valence-electron chi connectivity index (χ2n) is 11.1. The molecule has 2 saturated carbocycles. The molecule has 0 aromatic rings. The number of aliphatic hydroxyl groups is 2. The fraction of sp³-hybridized carbons (Fsp3) is 0.909. The van der Waals surface area contributed by atoms with Crippen molar-refractivity contribution in [1.82, 2.24) is 9.80 Å². The van der Waals surface area contributed by atoms with Crippen molar-refractivity contribution in [2.75, 3.05) is 39.4 Å². The number of ether oxygens (including phenoxy) is 2. The average molecular weight is 427 g/mol. The number of nitrogens with zero attached hydrogens (tertiary/aromatic N) is 2. The van der Waals surface area contributed by atoms with Crippen LogP contribution in [0.15, 0.2) is 0 Å². The van der Waals surface area contributed by atoms with Crippen LogP contribution >= 0.6 is 0 Å². The Labute approximate surface area is 179 Å². The molecule has 0 bridgehead atoms. The number of carbonyl (C=O) groups excluding carboxylic acids is 2. The monoisotopic (exact) mass is 426 g/mol. The third-order valence-corrected chi connectivity index (χ3v) is 6.47. The third kappa shape index (κ3) is 5.38. The number of fused-ring (bicyclic) bond motifs is 2. The number of hydrogen-bond donors (Lipinski definition) is 2. The van der Waals surface area contributed by atoms with Crippen LogP contribution in [0.1, 0.15) is 41.5 Å². The van der Waals surface area contributed by atoms with Gasteiger partial charge in [-0.15, -0.1) is 0 Å². The molecule has 0 spiro atoms. The number of hydrogen-bond acceptors (Lipinski definition) is 6. The van der Waals surface area contributed by atoms with Gasteiger partial charge >= 0.3 is 12.2 Å². The van der Waals surface area contributed by atoms with Crippen LogP contribution < -0.4 is 0 Å². The lowest BCUT2D eigenvalue weighted by Crippen LogP contribution is -2.37. The van der Waals surface area contributed by atoms with Crippen LogP contribution in [0.25, 0.3) is 0 Å². The second-order valence-corrected chi connectivity index (χ2v) is 11.1. The van der Waals surface area contributed by atoms with Crippen LogP contribution in [0.4, 0.5) is 9.59 Å². The maximum atomic E-state index is 11.7. The normalized spacial score (nSPS) is 33.9. The van der Waals surface area contributed by atoms with Crippen LogP contribution in [0, 0.1) is 35.5 Å². The lowest BCUT2D eigenvalue weighted by atomic mass is 10.2. The van der Waals surface area contributed by atoms with Crippen LogP contribution in [-0.2, 0) is 9.47 Å². The molecule has 8 heteroatoms. The molecule has 4 rings (SSSR count). The molecule has 2 unspecified atom stereocenters. The minimum Gasteiger partial charge on any atom is -0.444 e. The molecule has 30 heavy (non-hydrogen) atoms. The van der Waals surface area contributed by atoms with Gasteiger partial charge in [-0.1, -0.05) is 0 Å². The molecule has 2 N–H and O–H groups in total. The zero-order valence-corrected chi connectivity index (χ0v) is 19.1. The largest absolute Gasteiger partial charge is 0.444 e. The summed E-state index contributed by atoms with van der Waals surface area (Å²) < 4.78 is 10.6. The molecule has 4 fully saturated rings. The minimum atomic E-state index is -0.416. The van der Waals surface area contributed by atoms with Crippen molar-refractivity contribution < 1.29 is 29.3 Å². The first-order valence-corrected chi connectivity index (χ1v) is 11.0. The SMILES string of the molecule is CC(C)(C)OC(=O)N1C[C@@H]2C(CO)[C@@H]2C1.CC(C)(C)OC(=O)N1C[C@@H]2C(CO)[C@@H]2C1. The van der Waals surface area contributed by atoms with E-state index in [0.717, 1.165) is 26.2 Å². The second kappa shape index (κ2) is 8.19. The number of rotatable bonds is 2. The first kappa shape index (κ1) is 23.1. The highest BCUT2D eigenvalue weighted by atomic mass is 16.6. The number of likely N-dealkylation sites (tertiary alicyclic amines) is 2. The van der Waals surface area contributed by atoms with E-state index in [0.29, 0.717) is 35.5 Å². The Morgan fingerprint density at radius 1 is 0.700 bits per heavy atom. The Balaban J connectivity index is 0.000000171. The fourth-order valence-electron chi connectivity index (χ4n) is 4.79. The molecule has 172 valence electrons. The Morgan fingerprint density at radius 3 is 1.17 bits per heavy atom. The third-order valence-electron chi connectivity index (χ3n) is 6.47. The van der Waals surface area contributed by atoms with Crippen molar-refractivity contribution in [2.24, 2.45) is 35.5 Å². The highest BCUT2D eigenvalue weighted by molar-refractivity contribution is 5.69. The van der Waals surface area contributed by atoms with E-state index in [9.17, 15) is 9.59 Å². The first-order valence-electron chi connectivity index (χ1n) is 11.0. The molecule has 8 nitrogen and oxygen atoms in total. The summed E-state index contributed by atoms with van der Waals surface area (Å²) in [4.78, 5) is 26.8. The Morgan fingerprint density at radius 2 is 0.967 bits per heavy atom. The average Bonchev–Trinajstić information content (AvgIpc) is 3.28. The summed E-state index contributed by atoms with van der Waals surface area (Å²) >= 11 is 0. The van der Waals surface area contributed by atoms with Gasteiger partial charge in [-0.05, 0) is 77.0 Å².